The lowest BCUT2D eigenvalue weighted by Crippen LogP contribution is -2.20. The smallest absolute Gasteiger partial charge is 0.331 e. The fourth-order valence-electron chi connectivity index (χ4n) is 1.67. The Hall–Kier alpha value is -2.91. The highest BCUT2D eigenvalue weighted by atomic mass is 32.2. The van der Waals surface area contributed by atoms with Crippen molar-refractivity contribution in [3.63, 3.8) is 0 Å². The molecule has 0 fully saturated rings. The Morgan fingerprint density at radius 3 is 2.71 bits per heavy atom. The minimum Gasteiger partial charge on any atom is -0.465 e. The van der Waals surface area contributed by atoms with Crippen molar-refractivity contribution < 1.29 is 27.2 Å². The summed E-state index contributed by atoms with van der Waals surface area (Å²) in [6.07, 6.45) is 3.97. The van der Waals surface area contributed by atoms with E-state index in [1.807, 2.05) is 0 Å². The van der Waals surface area contributed by atoms with Crippen molar-refractivity contribution in [2.45, 2.75) is 4.90 Å². The maximum absolute atomic E-state index is 11.7. The molecule has 1 aromatic heterocycles. The van der Waals surface area contributed by atoms with Gasteiger partial charge in [0.25, 0.3) is 5.91 Å². The van der Waals surface area contributed by atoms with Gasteiger partial charge in [0.2, 0.25) is 10.0 Å². The van der Waals surface area contributed by atoms with Crippen LogP contribution in [0.4, 0.5) is 5.69 Å². The van der Waals surface area contributed by atoms with Gasteiger partial charge in [-0.3, -0.25) is 4.79 Å². The number of rotatable bonds is 6. The summed E-state index contributed by atoms with van der Waals surface area (Å²) in [6.45, 7) is -0.527. The summed E-state index contributed by atoms with van der Waals surface area (Å²) in [5.74, 6) is -0.877. The standard InChI is InChI=1S/C15H14N2O6S/c16-24(20,21)13-5-1-3-11(9-13)17-14(18)10-23-15(19)7-6-12-4-2-8-22-12/h1-9H,10H2,(H,17,18)(H2,16,20,21)/b7-6+. The number of anilines is 1. The van der Waals surface area contributed by atoms with Crippen LogP contribution in [0.5, 0.6) is 0 Å². The Balaban J connectivity index is 1.86. The summed E-state index contributed by atoms with van der Waals surface area (Å²) in [5.41, 5.74) is 0.216. The Bertz CT molecular complexity index is 856. The molecule has 0 radical (unpaired) electrons. The topological polar surface area (TPSA) is 129 Å². The van der Waals surface area contributed by atoms with Crippen molar-refractivity contribution in [2.75, 3.05) is 11.9 Å². The van der Waals surface area contributed by atoms with E-state index in [0.29, 0.717) is 5.76 Å². The summed E-state index contributed by atoms with van der Waals surface area (Å²) < 4.78 is 32.2. The zero-order chi connectivity index (χ0) is 17.6. The Labute approximate surface area is 138 Å². The second-order valence-corrected chi connectivity index (χ2v) is 6.14. The quantitative estimate of drug-likeness (QED) is 0.593. The number of nitrogens with one attached hydrogen (secondary N) is 1. The third-order valence-corrected chi connectivity index (χ3v) is 3.63. The maximum atomic E-state index is 11.7. The summed E-state index contributed by atoms with van der Waals surface area (Å²) >= 11 is 0. The molecule has 2 aromatic rings. The van der Waals surface area contributed by atoms with Gasteiger partial charge in [-0.25, -0.2) is 18.4 Å². The molecule has 24 heavy (non-hydrogen) atoms. The van der Waals surface area contributed by atoms with Gasteiger partial charge < -0.3 is 14.5 Å². The predicted molar refractivity (Wildman–Crippen MR) is 85.1 cm³/mol. The number of hydrogen-bond acceptors (Lipinski definition) is 6. The van der Waals surface area contributed by atoms with Crippen LogP contribution < -0.4 is 10.5 Å². The van der Waals surface area contributed by atoms with E-state index in [0.717, 1.165) is 6.08 Å². The second-order valence-electron chi connectivity index (χ2n) is 4.58. The van der Waals surface area contributed by atoms with E-state index in [1.54, 1.807) is 12.1 Å². The highest BCUT2D eigenvalue weighted by Crippen LogP contribution is 2.13. The Morgan fingerprint density at radius 1 is 1.25 bits per heavy atom. The first kappa shape index (κ1) is 17.4. The largest absolute Gasteiger partial charge is 0.465 e. The minimum absolute atomic E-state index is 0.140. The number of ether oxygens (including phenoxy) is 1. The molecule has 0 unspecified atom stereocenters. The van der Waals surface area contributed by atoms with Gasteiger partial charge in [-0.05, 0) is 36.4 Å². The Kier molecular flexibility index (Phi) is 5.51. The fourth-order valence-corrected chi connectivity index (χ4v) is 2.23. The molecule has 0 atom stereocenters. The minimum atomic E-state index is -3.87. The lowest BCUT2D eigenvalue weighted by Gasteiger charge is -2.06. The van der Waals surface area contributed by atoms with Crippen LogP contribution in [0.2, 0.25) is 0 Å². The van der Waals surface area contributed by atoms with E-state index in [1.165, 1.54) is 36.6 Å². The van der Waals surface area contributed by atoms with Gasteiger partial charge in [-0.2, -0.15) is 0 Å². The van der Waals surface area contributed by atoms with Crippen LogP contribution in [0.3, 0.4) is 0 Å². The molecular weight excluding hydrogens is 336 g/mol. The lowest BCUT2D eigenvalue weighted by atomic mass is 10.3. The third kappa shape index (κ3) is 5.38. The van der Waals surface area contributed by atoms with Gasteiger partial charge in [0, 0.05) is 11.8 Å². The van der Waals surface area contributed by atoms with Crippen molar-refractivity contribution in [3.8, 4) is 0 Å². The molecule has 2 rings (SSSR count). The van der Waals surface area contributed by atoms with Crippen LogP contribution in [-0.2, 0) is 24.3 Å². The number of benzene rings is 1. The molecule has 1 amide bonds. The average Bonchev–Trinajstić information content (AvgIpc) is 3.04. The normalized spacial score (nSPS) is 11.4. The molecule has 0 aliphatic carbocycles. The molecule has 0 aliphatic rings. The van der Waals surface area contributed by atoms with Crippen LogP contribution in [0, 0.1) is 0 Å². The molecular formula is C15H14N2O6S. The summed E-state index contributed by atoms with van der Waals surface area (Å²) in [5, 5.41) is 7.40. The number of carbonyl (C=O) groups excluding carboxylic acids is 2. The molecule has 3 N–H and O–H groups in total. The average molecular weight is 350 g/mol. The first-order valence-electron chi connectivity index (χ1n) is 6.65. The lowest BCUT2D eigenvalue weighted by molar-refractivity contribution is -0.142. The van der Waals surface area contributed by atoms with Crippen LogP contribution in [-0.4, -0.2) is 26.9 Å². The number of sulfonamides is 1. The SMILES string of the molecule is NS(=O)(=O)c1cccc(NC(=O)COC(=O)/C=C/c2ccco2)c1. The van der Waals surface area contributed by atoms with Gasteiger partial charge in [0.1, 0.15) is 5.76 Å². The van der Waals surface area contributed by atoms with E-state index in [4.69, 9.17) is 14.3 Å². The number of furan rings is 1. The highest BCUT2D eigenvalue weighted by molar-refractivity contribution is 7.89. The van der Waals surface area contributed by atoms with Crippen molar-refractivity contribution in [1.82, 2.24) is 0 Å². The van der Waals surface area contributed by atoms with Crippen LogP contribution in [0.15, 0.2) is 58.1 Å². The molecule has 0 saturated heterocycles. The first-order chi connectivity index (χ1) is 11.3. The van der Waals surface area contributed by atoms with Crippen molar-refractivity contribution in [3.05, 3.63) is 54.5 Å². The third-order valence-electron chi connectivity index (χ3n) is 2.72. The van der Waals surface area contributed by atoms with Crippen molar-refractivity contribution >= 4 is 33.7 Å². The number of amides is 1. The van der Waals surface area contributed by atoms with Crippen LogP contribution >= 0.6 is 0 Å². The number of hydrogen-bond donors (Lipinski definition) is 2. The van der Waals surface area contributed by atoms with Gasteiger partial charge in [0.05, 0.1) is 11.2 Å². The highest BCUT2D eigenvalue weighted by Gasteiger charge is 2.10. The molecule has 126 valence electrons. The number of carbonyl (C=O) groups is 2. The molecule has 0 spiro atoms. The molecule has 9 heteroatoms. The monoisotopic (exact) mass is 350 g/mol. The molecule has 0 saturated carbocycles. The summed E-state index contributed by atoms with van der Waals surface area (Å²) in [7, 11) is -3.87. The van der Waals surface area contributed by atoms with Crippen LogP contribution in [0.25, 0.3) is 6.08 Å². The van der Waals surface area contributed by atoms with E-state index >= 15 is 0 Å². The number of esters is 1. The zero-order valence-electron chi connectivity index (χ0n) is 12.3. The first-order valence-corrected chi connectivity index (χ1v) is 8.20. The number of primary sulfonamides is 1. The van der Waals surface area contributed by atoms with E-state index in [-0.39, 0.29) is 10.6 Å². The predicted octanol–water partition coefficient (Wildman–Crippen LogP) is 1.12. The van der Waals surface area contributed by atoms with Gasteiger partial charge in [-0.1, -0.05) is 6.07 Å². The van der Waals surface area contributed by atoms with Gasteiger partial charge in [0.15, 0.2) is 6.61 Å². The second kappa shape index (κ2) is 7.57. The molecule has 1 aromatic carbocycles. The van der Waals surface area contributed by atoms with Gasteiger partial charge >= 0.3 is 5.97 Å². The molecule has 8 nitrogen and oxygen atoms in total. The van der Waals surface area contributed by atoms with Crippen molar-refractivity contribution in [2.24, 2.45) is 5.14 Å². The molecule has 0 aliphatic heterocycles. The fraction of sp³-hybridized carbons (Fsp3) is 0.0667. The van der Waals surface area contributed by atoms with Crippen molar-refractivity contribution in [1.29, 1.82) is 0 Å². The van der Waals surface area contributed by atoms with E-state index in [9.17, 15) is 18.0 Å². The van der Waals surface area contributed by atoms with E-state index in [2.05, 4.69) is 5.32 Å². The molecule has 1 heterocycles. The van der Waals surface area contributed by atoms with E-state index < -0.39 is 28.5 Å². The summed E-state index contributed by atoms with van der Waals surface area (Å²) in [4.78, 5) is 23.0. The molecule has 0 bridgehead atoms. The maximum Gasteiger partial charge on any atom is 0.331 e. The van der Waals surface area contributed by atoms with Crippen LogP contribution in [0.1, 0.15) is 5.76 Å². The van der Waals surface area contributed by atoms with Gasteiger partial charge in [-0.15, -0.1) is 0 Å². The summed E-state index contributed by atoms with van der Waals surface area (Å²) in [6, 6.07) is 8.71. The number of nitrogens with two attached hydrogens (primary N) is 1. The zero-order valence-corrected chi connectivity index (χ0v) is 13.2. The Morgan fingerprint density at radius 2 is 2.04 bits per heavy atom.